The van der Waals surface area contributed by atoms with Crippen molar-refractivity contribution in [1.29, 1.82) is 0 Å². The molecule has 9 rings (SSSR count). The summed E-state index contributed by atoms with van der Waals surface area (Å²) >= 11 is -0.00792. The summed E-state index contributed by atoms with van der Waals surface area (Å²) in [6, 6.07) is 14.1. The van der Waals surface area contributed by atoms with E-state index in [-0.39, 0.29) is 35.7 Å². The van der Waals surface area contributed by atoms with E-state index in [1.165, 1.54) is 24.7 Å². The van der Waals surface area contributed by atoms with Gasteiger partial charge in [-0.15, -0.1) is 0 Å². The van der Waals surface area contributed by atoms with Crippen LogP contribution in [0.2, 0.25) is 0 Å². The Balaban J connectivity index is 0.941. The van der Waals surface area contributed by atoms with E-state index < -0.39 is 177 Å². The number of aliphatic hydroxyl groups is 7. The van der Waals surface area contributed by atoms with Crippen LogP contribution < -0.4 is 45.5 Å². The Morgan fingerprint density at radius 3 is 1.84 bits per heavy atom. The number of carbonyl (C=O) groups excluding carboxylic acids is 7. The van der Waals surface area contributed by atoms with Gasteiger partial charge in [-0.2, -0.15) is 0 Å². The number of hydrogen-bond acceptors (Lipinski definition) is 24. The van der Waals surface area contributed by atoms with Gasteiger partial charge in [0.05, 0.1) is 36.6 Å². The molecule has 4 aromatic rings. The molecule has 32 heteroatoms. The van der Waals surface area contributed by atoms with Gasteiger partial charge in [-0.3, -0.25) is 33.6 Å². The summed E-state index contributed by atoms with van der Waals surface area (Å²) in [6.07, 6.45) is -14.4. The number of carbonyl (C=O) groups is 7. The fourth-order valence-electron chi connectivity index (χ4n) is 12.7. The average molecular weight is 1360 g/mol. The van der Waals surface area contributed by atoms with Crippen LogP contribution in [0.5, 0.6) is 11.5 Å². The number of benzene rings is 4. The van der Waals surface area contributed by atoms with Crippen LogP contribution in [0, 0.1) is 12.5 Å². The first-order valence-electron chi connectivity index (χ1n) is 31.4. The highest BCUT2D eigenvalue weighted by Crippen LogP contribution is 2.35. The number of aliphatic hydroxyl groups excluding tert-OH is 7. The molecule has 5 fully saturated rings. The molecule has 0 aromatic heterocycles. The van der Waals surface area contributed by atoms with Crippen LogP contribution in [-0.4, -0.2) is 248 Å². The third kappa shape index (κ3) is 17.0. The molecule has 0 unspecified atom stereocenters. The number of fused-ring (bicyclic) bond motifs is 2. The Hall–Kier alpha value is -8.43. The standard InChI is InChI=1S/C64H81N11O20S/c1-33-29-75-54(55(33)81)62(88)66-27-44(77)25-46(67-58(84)39-8-6-37(7-9-39)38-10-13-41(14-11-38)71-20-22-72(23-21-71)42-15-17-43(18-16-42)73-30-34(2)92-35(3)31-73)59(85)68-51(36(4)76)63(89)74-32-45(78)26-47(74)60(86)70-53(61(87)69-52(64(75)90)49(80)28-65-5)57(83)56(82)40-12-19-48(79)50(24-40)93-96-95-94-91/h6-19,24,33-36,44-47,49,51-57,76-83,91H,20-23,25-32H2,1-4H3,(H,66,88)(H,67,84)(H,68,85)(H,69,87)(H,70,86)/t33-,34-,35+,36+,44+,45+,46+,47+,49-,51+,52+,53+,54+,55+,56+,57+/m1/s1. The molecule has 96 heavy (non-hydrogen) atoms. The Morgan fingerprint density at radius 1 is 0.688 bits per heavy atom. The fourth-order valence-corrected chi connectivity index (χ4v) is 13.0. The van der Waals surface area contributed by atoms with E-state index >= 15 is 0 Å². The SMILES string of the molecule is [C-]#[N+]C[C@@H](O)[C@@H]1NC(=O)[C@H]([C@H](O)[C@@H](O)c2ccc(O)c(OSOOO)c2)NC(=O)[C@@H]2C[C@H](O)CN2C(=O)[C@H]([C@H](C)O)NC(=O)[C@@H](NC(=O)c2ccc(-c3ccc(N4CCN(c5ccc(N6C[C@@H](C)O[C@@H](C)C6)cc5)CC4)cc3)cc2)C[C@H](O)CNC(=O)[C@@H]2[C@@H](O)[C@H](C)CN2C1=O. The van der Waals surface area contributed by atoms with Gasteiger partial charge in [0.15, 0.2) is 17.6 Å². The zero-order chi connectivity index (χ0) is 69.2. The number of ether oxygens (including phenoxy) is 1. The molecule has 0 saturated carbocycles. The van der Waals surface area contributed by atoms with Gasteiger partial charge in [-0.1, -0.05) is 46.6 Å². The molecule has 4 aromatic carbocycles. The van der Waals surface area contributed by atoms with E-state index in [2.05, 4.69) is 93.6 Å². The fraction of sp³-hybridized carbons (Fsp3) is 0.500. The van der Waals surface area contributed by atoms with E-state index in [4.69, 9.17) is 20.7 Å². The maximum Gasteiger partial charge on any atom is 0.261 e. The summed E-state index contributed by atoms with van der Waals surface area (Å²) in [4.78, 5) is 113. The number of rotatable bonds is 16. The third-order valence-electron chi connectivity index (χ3n) is 17.8. The molecule has 7 amide bonds. The van der Waals surface area contributed by atoms with Crippen LogP contribution in [0.4, 0.5) is 17.1 Å². The number of phenols is 1. The molecule has 0 aliphatic carbocycles. The van der Waals surface area contributed by atoms with Gasteiger partial charge >= 0.3 is 0 Å². The second kappa shape index (κ2) is 32.1. The van der Waals surface area contributed by atoms with Crippen molar-refractivity contribution in [3.8, 4) is 22.6 Å². The second-order valence-electron chi connectivity index (χ2n) is 24.8. The summed E-state index contributed by atoms with van der Waals surface area (Å²) in [5.74, 6) is -10.3. The highest BCUT2D eigenvalue weighted by atomic mass is 32.2. The first kappa shape index (κ1) is 71.9. The minimum absolute atomic E-state index is 0.00792. The maximum atomic E-state index is 14.7. The van der Waals surface area contributed by atoms with Gasteiger partial charge in [-0.05, 0) is 98.1 Å². The van der Waals surface area contributed by atoms with Crippen LogP contribution in [0.3, 0.4) is 0 Å². The van der Waals surface area contributed by atoms with Crippen molar-refractivity contribution in [1.82, 2.24) is 36.4 Å². The second-order valence-corrected chi connectivity index (χ2v) is 25.2. The number of nitrogens with zero attached hydrogens (tertiary/aromatic N) is 6. The van der Waals surface area contributed by atoms with Gasteiger partial charge in [0.2, 0.25) is 42.0 Å². The third-order valence-corrected chi connectivity index (χ3v) is 18.2. The number of aromatic hydroxyl groups is 1. The van der Waals surface area contributed by atoms with Crippen LogP contribution in [-0.2, 0) is 42.9 Å². The number of phenolic OH excluding ortho intramolecular Hbond substituents is 1. The molecule has 518 valence electrons. The first-order chi connectivity index (χ1) is 45.8. The summed E-state index contributed by atoms with van der Waals surface area (Å²) in [6.45, 7) is 16.6. The van der Waals surface area contributed by atoms with E-state index in [1.807, 2.05) is 24.3 Å². The predicted molar refractivity (Wildman–Crippen MR) is 344 cm³/mol. The Labute approximate surface area is 556 Å². The number of nitrogens with one attached hydrogen (secondary N) is 5. The van der Waals surface area contributed by atoms with E-state index in [1.54, 1.807) is 12.1 Å². The summed E-state index contributed by atoms with van der Waals surface area (Å²) in [5, 5.41) is 114. The summed E-state index contributed by atoms with van der Waals surface area (Å²) < 4.78 is 15.1. The monoisotopic (exact) mass is 1360 g/mol. The Bertz CT molecular complexity index is 3430. The molecular formula is C64H81N11O20S. The van der Waals surface area contributed by atoms with Gasteiger partial charge in [0, 0.05) is 100 Å². The van der Waals surface area contributed by atoms with Crippen molar-refractivity contribution < 1.29 is 98.0 Å². The highest BCUT2D eigenvalue weighted by Gasteiger charge is 2.51. The zero-order valence-electron chi connectivity index (χ0n) is 53.0. The van der Waals surface area contributed by atoms with Crippen LogP contribution in [0.15, 0.2) is 91.0 Å². The van der Waals surface area contributed by atoms with E-state index in [9.17, 15) is 74.4 Å². The number of hydrogen-bond donors (Lipinski definition) is 14. The Kier molecular flexibility index (Phi) is 24.0. The van der Waals surface area contributed by atoms with E-state index in [0.717, 1.165) is 96.7 Å². The van der Waals surface area contributed by atoms with Crippen LogP contribution in [0.25, 0.3) is 16.0 Å². The minimum atomic E-state index is -2.49. The molecule has 16 atom stereocenters. The molecule has 5 saturated heterocycles. The Morgan fingerprint density at radius 2 is 1.25 bits per heavy atom. The van der Waals surface area contributed by atoms with Crippen LogP contribution >= 0.6 is 12.3 Å². The smallest absolute Gasteiger partial charge is 0.261 e. The molecule has 0 radical (unpaired) electrons. The lowest BCUT2D eigenvalue weighted by Crippen LogP contribution is -2.64. The quantitative estimate of drug-likeness (QED) is 0.0204. The zero-order valence-corrected chi connectivity index (χ0v) is 53.8. The molecule has 5 aliphatic rings. The molecule has 31 nitrogen and oxygen atoms in total. The lowest BCUT2D eigenvalue weighted by atomic mass is 9.96. The van der Waals surface area contributed by atoms with Gasteiger partial charge in [-0.25, -0.2) is 11.8 Å². The summed E-state index contributed by atoms with van der Waals surface area (Å²) in [7, 11) is 0. The lowest BCUT2D eigenvalue weighted by molar-refractivity contribution is -0.433. The number of β-amino-alcohol motifs (C(OH)–C–C–N with tert-alkyl or cyclic N) is 1. The van der Waals surface area contributed by atoms with Crippen molar-refractivity contribution in [3.63, 3.8) is 0 Å². The maximum absolute atomic E-state index is 14.7. The molecule has 0 spiro atoms. The number of piperazine rings is 1. The molecule has 0 bridgehead atoms. The first-order valence-corrected chi connectivity index (χ1v) is 32.1. The lowest BCUT2D eigenvalue weighted by Gasteiger charge is -2.38. The van der Waals surface area contributed by atoms with Gasteiger partial charge < -0.3 is 106 Å². The summed E-state index contributed by atoms with van der Waals surface area (Å²) in [5.41, 5.74) is 4.67. The molecular weight excluding hydrogens is 1270 g/mol. The molecule has 5 heterocycles. The van der Waals surface area contributed by atoms with E-state index in [0.29, 0.717) is 0 Å². The van der Waals surface area contributed by atoms with Crippen LogP contribution in [0.1, 0.15) is 62.6 Å². The number of amides is 7. The number of anilines is 3. The largest absolute Gasteiger partial charge is 0.504 e. The van der Waals surface area contributed by atoms with Crippen molar-refractivity contribution in [2.24, 2.45) is 5.92 Å². The van der Waals surface area contributed by atoms with Crippen molar-refractivity contribution in [3.05, 3.63) is 114 Å². The normalized spacial score (nSPS) is 27.9. The van der Waals surface area contributed by atoms with Gasteiger partial charge in [0.1, 0.15) is 48.5 Å². The average Bonchev–Trinajstić information content (AvgIpc) is 0.866. The topological polar surface area (TPSA) is 419 Å². The van der Waals surface area contributed by atoms with Crippen molar-refractivity contribution in [2.45, 2.75) is 132 Å². The number of morpholine rings is 1. The van der Waals surface area contributed by atoms with Crippen molar-refractivity contribution >= 4 is 70.7 Å². The predicted octanol–water partition coefficient (Wildman–Crippen LogP) is -1.28. The molecule has 14 N–H and O–H groups in total. The highest BCUT2D eigenvalue weighted by molar-refractivity contribution is 7.90. The molecule has 5 aliphatic heterocycles. The van der Waals surface area contributed by atoms with Crippen molar-refractivity contribution in [2.75, 3.05) is 80.1 Å². The minimum Gasteiger partial charge on any atom is -0.504 e. The van der Waals surface area contributed by atoms with Gasteiger partial charge in [0.25, 0.3) is 18.2 Å².